The first-order valence-electron chi connectivity index (χ1n) is 9.86. The molecule has 0 fully saturated rings. The van der Waals surface area contributed by atoms with E-state index in [0.717, 1.165) is 27.6 Å². The summed E-state index contributed by atoms with van der Waals surface area (Å²) in [6.07, 6.45) is 0.201. The molecule has 4 heteroatoms. The zero-order chi connectivity index (χ0) is 20.5. The monoisotopic (exact) mass is 393 g/mol. The second-order valence-corrected chi connectivity index (χ2v) is 7.40. The molecule has 0 saturated heterocycles. The molecule has 4 aromatic carbocycles. The van der Waals surface area contributed by atoms with Crippen LogP contribution in [0, 0.1) is 0 Å². The van der Waals surface area contributed by atoms with E-state index in [9.17, 15) is 9.59 Å². The fourth-order valence-corrected chi connectivity index (χ4v) is 3.86. The Bertz CT molecular complexity index is 1260. The number of hydrogen-bond acceptors (Lipinski definition) is 3. The van der Waals surface area contributed by atoms with Crippen LogP contribution in [0.2, 0.25) is 0 Å². The molecular formula is C26H19NO3. The molecule has 0 spiro atoms. The summed E-state index contributed by atoms with van der Waals surface area (Å²) in [5, 5.41) is 5.14. The number of nitrogens with one attached hydrogen (secondary N) is 1. The molecule has 1 amide bonds. The van der Waals surface area contributed by atoms with Crippen LogP contribution in [0.25, 0.3) is 10.8 Å². The first-order chi connectivity index (χ1) is 14.7. The lowest BCUT2D eigenvalue weighted by Crippen LogP contribution is -2.23. The van der Waals surface area contributed by atoms with Crippen molar-refractivity contribution in [1.29, 1.82) is 0 Å². The van der Waals surface area contributed by atoms with Gasteiger partial charge in [0.25, 0.3) is 5.91 Å². The number of cyclic esters (lactones) is 1. The molecular weight excluding hydrogens is 374 g/mol. The Morgan fingerprint density at radius 1 is 0.833 bits per heavy atom. The van der Waals surface area contributed by atoms with Gasteiger partial charge in [0.15, 0.2) is 0 Å². The Labute approximate surface area is 174 Å². The zero-order valence-corrected chi connectivity index (χ0v) is 16.2. The van der Waals surface area contributed by atoms with Crippen molar-refractivity contribution in [3.8, 4) is 0 Å². The van der Waals surface area contributed by atoms with Crippen LogP contribution in [-0.2, 0) is 11.2 Å². The third-order valence-corrected chi connectivity index (χ3v) is 5.42. The topological polar surface area (TPSA) is 55.4 Å². The molecule has 4 aromatic rings. The third kappa shape index (κ3) is 3.44. The number of benzene rings is 4. The van der Waals surface area contributed by atoms with Crippen molar-refractivity contribution in [2.45, 2.75) is 12.5 Å². The molecule has 1 atom stereocenters. The zero-order valence-electron chi connectivity index (χ0n) is 16.2. The van der Waals surface area contributed by atoms with Crippen LogP contribution in [0.4, 0.5) is 5.69 Å². The first-order valence-corrected chi connectivity index (χ1v) is 9.86. The standard InChI is InChI=1S/C26H19NO3/c28-25(27-22-12-10-17-6-4-5-9-19(17)15-22)20-11-13-23-21(14-20)16-24(30-26(23)29)18-7-2-1-3-8-18/h1-15,24H,16H2,(H,27,28)/t24-/m1/s1. The second kappa shape index (κ2) is 7.48. The fraction of sp³-hybridized carbons (Fsp3) is 0.0769. The van der Waals surface area contributed by atoms with Crippen LogP contribution >= 0.6 is 0 Å². The smallest absolute Gasteiger partial charge is 0.339 e. The van der Waals surface area contributed by atoms with Gasteiger partial charge in [-0.2, -0.15) is 0 Å². The number of fused-ring (bicyclic) bond motifs is 2. The maximum absolute atomic E-state index is 12.8. The normalized spacial score (nSPS) is 15.3. The summed E-state index contributed by atoms with van der Waals surface area (Å²) in [5.41, 5.74) is 3.54. The van der Waals surface area contributed by atoms with Crippen molar-refractivity contribution in [3.63, 3.8) is 0 Å². The van der Waals surface area contributed by atoms with Gasteiger partial charge >= 0.3 is 5.97 Å². The van der Waals surface area contributed by atoms with Crippen molar-refractivity contribution in [3.05, 3.63) is 113 Å². The second-order valence-electron chi connectivity index (χ2n) is 7.40. The molecule has 0 saturated carbocycles. The number of carbonyl (C=O) groups excluding carboxylic acids is 2. The van der Waals surface area contributed by atoms with Gasteiger partial charge in [-0.05, 0) is 52.2 Å². The number of hydrogen-bond donors (Lipinski definition) is 1. The first kappa shape index (κ1) is 18.1. The molecule has 4 nitrogen and oxygen atoms in total. The van der Waals surface area contributed by atoms with Crippen molar-refractivity contribution in [1.82, 2.24) is 0 Å². The minimum absolute atomic E-state index is 0.205. The lowest BCUT2D eigenvalue weighted by molar-refractivity contribution is 0.0252. The minimum Gasteiger partial charge on any atom is -0.454 e. The van der Waals surface area contributed by atoms with Gasteiger partial charge in [-0.25, -0.2) is 4.79 Å². The van der Waals surface area contributed by atoms with Gasteiger partial charge in [-0.1, -0.05) is 60.7 Å². The van der Waals surface area contributed by atoms with Crippen molar-refractivity contribution in [2.75, 3.05) is 5.32 Å². The molecule has 30 heavy (non-hydrogen) atoms. The van der Waals surface area contributed by atoms with Gasteiger partial charge in [0.2, 0.25) is 0 Å². The summed E-state index contributed by atoms with van der Waals surface area (Å²) >= 11 is 0. The molecule has 1 N–H and O–H groups in total. The van der Waals surface area contributed by atoms with Crippen LogP contribution in [0.3, 0.4) is 0 Å². The molecule has 1 aliphatic rings. The minimum atomic E-state index is -0.355. The van der Waals surface area contributed by atoms with Gasteiger partial charge in [0.1, 0.15) is 6.10 Å². The number of ether oxygens (including phenoxy) is 1. The number of amides is 1. The predicted octanol–water partition coefficient (Wildman–Crippen LogP) is 5.55. The third-order valence-electron chi connectivity index (χ3n) is 5.42. The summed E-state index contributed by atoms with van der Waals surface area (Å²) in [6, 6.07) is 28.6. The van der Waals surface area contributed by atoms with Crippen LogP contribution in [0.15, 0.2) is 91.0 Å². The van der Waals surface area contributed by atoms with Crippen molar-refractivity contribution < 1.29 is 14.3 Å². The van der Waals surface area contributed by atoms with E-state index in [1.165, 1.54) is 0 Å². The number of esters is 1. The van der Waals surface area contributed by atoms with Crippen LogP contribution in [0.1, 0.15) is 37.9 Å². The molecule has 0 aromatic heterocycles. The lowest BCUT2D eigenvalue weighted by atomic mass is 9.93. The molecule has 1 heterocycles. The predicted molar refractivity (Wildman–Crippen MR) is 117 cm³/mol. The molecule has 5 rings (SSSR count). The molecule has 0 radical (unpaired) electrons. The highest BCUT2D eigenvalue weighted by Gasteiger charge is 2.28. The van der Waals surface area contributed by atoms with E-state index in [4.69, 9.17) is 4.74 Å². The van der Waals surface area contributed by atoms with E-state index in [1.807, 2.05) is 72.8 Å². The van der Waals surface area contributed by atoms with Crippen LogP contribution in [-0.4, -0.2) is 11.9 Å². The van der Waals surface area contributed by atoms with Crippen LogP contribution < -0.4 is 5.32 Å². The average molecular weight is 393 g/mol. The summed E-state index contributed by atoms with van der Waals surface area (Å²) in [7, 11) is 0. The molecule has 0 bridgehead atoms. The Balaban J connectivity index is 1.40. The SMILES string of the molecule is O=C(Nc1ccc2ccccc2c1)c1ccc2c(c1)C[C@H](c1ccccc1)OC2=O. The van der Waals surface area contributed by atoms with Crippen molar-refractivity contribution >= 4 is 28.3 Å². The highest BCUT2D eigenvalue weighted by molar-refractivity contribution is 6.06. The van der Waals surface area contributed by atoms with Gasteiger partial charge in [-0.3, -0.25) is 4.79 Å². The molecule has 0 aliphatic carbocycles. The van der Waals surface area contributed by atoms with E-state index >= 15 is 0 Å². The largest absolute Gasteiger partial charge is 0.454 e. The quantitative estimate of drug-likeness (QED) is 0.465. The molecule has 1 aliphatic heterocycles. The lowest BCUT2D eigenvalue weighted by Gasteiger charge is -2.25. The Morgan fingerprint density at radius 2 is 1.60 bits per heavy atom. The highest BCUT2D eigenvalue weighted by atomic mass is 16.5. The van der Waals surface area contributed by atoms with E-state index < -0.39 is 0 Å². The Morgan fingerprint density at radius 3 is 2.43 bits per heavy atom. The van der Waals surface area contributed by atoms with E-state index in [1.54, 1.807) is 18.2 Å². The summed E-state index contributed by atoms with van der Waals surface area (Å²) in [5.74, 6) is -0.560. The summed E-state index contributed by atoms with van der Waals surface area (Å²) < 4.78 is 5.60. The average Bonchev–Trinajstić information content (AvgIpc) is 2.79. The maximum Gasteiger partial charge on any atom is 0.339 e. The molecule has 146 valence electrons. The number of rotatable bonds is 3. The highest BCUT2D eigenvalue weighted by Crippen LogP contribution is 2.31. The van der Waals surface area contributed by atoms with Gasteiger partial charge in [0, 0.05) is 17.7 Å². The Hall–Kier alpha value is -3.92. The van der Waals surface area contributed by atoms with Gasteiger partial charge in [-0.15, -0.1) is 0 Å². The van der Waals surface area contributed by atoms with Crippen LogP contribution in [0.5, 0.6) is 0 Å². The van der Waals surface area contributed by atoms with E-state index in [-0.39, 0.29) is 18.0 Å². The van der Waals surface area contributed by atoms with Gasteiger partial charge in [0.05, 0.1) is 5.56 Å². The Kier molecular flexibility index (Phi) is 4.52. The maximum atomic E-state index is 12.8. The number of anilines is 1. The summed E-state index contributed by atoms with van der Waals surface area (Å²) in [4.78, 5) is 25.3. The molecule has 0 unspecified atom stereocenters. The number of carbonyl (C=O) groups is 2. The van der Waals surface area contributed by atoms with Crippen molar-refractivity contribution in [2.24, 2.45) is 0 Å². The van der Waals surface area contributed by atoms with E-state index in [0.29, 0.717) is 17.5 Å². The summed E-state index contributed by atoms with van der Waals surface area (Å²) in [6.45, 7) is 0. The van der Waals surface area contributed by atoms with Gasteiger partial charge < -0.3 is 10.1 Å². The van der Waals surface area contributed by atoms with E-state index in [2.05, 4.69) is 5.32 Å². The fourth-order valence-electron chi connectivity index (χ4n) is 3.86.